The monoisotopic (exact) mass is 240 g/mol. The van der Waals surface area contributed by atoms with Crippen molar-refractivity contribution < 1.29 is 0 Å². The van der Waals surface area contributed by atoms with Crippen LogP contribution in [-0.2, 0) is 0 Å². The molecule has 0 radical (unpaired) electrons. The van der Waals surface area contributed by atoms with Crippen molar-refractivity contribution in [2.24, 2.45) is 29.5 Å². The van der Waals surface area contributed by atoms with Crippen LogP contribution in [0.3, 0.4) is 0 Å². The largest absolute Gasteiger partial charge is 0.271 e. The maximum absolute atomic E-state index is 5.73. The highest BCUT2D eigenvalue weighted by Crippen LogP contribution is 2.35. The summed E-state index contributed by atoms with van der Waals surface area (Å²) in [6, 6.07) is 0.547. The molecule has 102 valence electrons. The molecule has 0 bridgehead atoms. The predicted molar refractivity (Wildman–Crippen MR) is 75.5 cm³/mol. The maximum Gasteiger partial charge on any atom is 0.0238 e. The van der Waals surface area contributed by atoms with Gasteiger partial charge in [0.15, 0.2) is 0 Å². The summed E-state index contributed by atoms with van der Waals surface area (Å²) in [5.41, 5.74) is 3.07. The average Bonchev–Trinajstić information content (AvgIpc) is 2.30. The first-order valence-corrected chi connectivity index (χ1v) is 7.50. The van der Waals surface area contributed by atoms with Crippen LogP contribution >= 0.6 is 0 Å². The standard InChI is InChI=1S/C15H32N2/c1-11(2)5-10-15(17-16)14-8-6-13(7-9-14)12(3)4/h11-15,17H,5-10,16H2,1-4H3. The molecule has 0 aromatic carbocycles. The molecule has 0 aromatic heterocycles. The molecule has 17 heavy (non-hydrogen) atoms. The third-order valence-corrected chi connectivity index (χ3v) is 4.60. The molecule has 0 heterocycles. The molecule has 1 unspecified atom stereocenters. The lowest BCUT2D eigenvalue weighted by Crippen LogP contribution is -2.42. The van der Waals surface area contributed by atoms with E-state index in [0.29, 0.717) is 6.04 Å². The molecule has 1 aliphatic rings. The second-order valence-corrected chi connectivity index (χ2v) is 6.66. The minimum absolute atomic E-state index is 0.547. The molecule has 1 saturated carbocycles. The van der Waals surface area contributed by atoms with E-state index < -0.39 is 0 Å². The van der Waals surface area contributed by atoms with Crippen LogP contribution in [0.2, 0.25) is 0 Å². The van der Waals surface area contributed by atoms with Crippen molar-refractivity contribution in [3.05, 3.63) is 0 Å². The van der Waals surface area contributed by atoms with E-state index in [1.54, 1.807) is 0 Å². The third-order valence-electron chi connectivity index (χ3n) is 4.60. The summed E-state index contributed by atoms with van der Waals surface area (Å²) in [6.07, 6.45) is 8.08. The molecular formula is C15H32N2. The van der Waals surface area contributed by atoms with Gasteiger partial charge in [-0.1, -0.05) is 27.7 Å². The summed E-state index contributed by atoms with van der Waals surface area (Å²) < 4.78 is 0. The zero-order valence-corrected chi connectivity index (χ0v) is 12.2. The van der Waals surface area contributed by atoms with Crippen LogP contribution in [0.5, 0.6) is 0 Å². The van der Waals surface area contributed by atoms with E-state index in [2.05, 4.69) is 33.1 Å². The SMILES string of the molecule is CC(C)CCC(NN)C1CCC(C(C)C)CC1. The topological polar surface area (TPSA) is 38.0 Å². The van der Waals surface area contributed by atoms with Crippen molar-refractivity contribution in [3.63, 3.8) is 0 Å². The van der Waals surface area contributed by atoms with Gasteiger partial charge in [-0.05, 0) is 62.2 Å². The van der Waals surface area contributed by atoms with E-state index in [4.69, 9.17) is 5.84 Å². The van der Waals surface area contributed by atoms with E-state index in [-0.39, 0.29) is 0 Å². The summed E-state index contributed by atoms with van der Waals surface area (Å²) in [6.45, 7) is 9.32. The van der Waals surface area contributed by atoms with Gasteiger partial charge in [0, 0.05) is 6.04 Å². The summed E-state index contributed by atoms with van der Waals surface area (Å²) in [5.74, 6) is 9.15. The fourth-order valence-corrected chi connectivity index (χ4v) is 3.18. The number of hydrazine groups is 1. The van der Waals surface area contributed by atoms with Gasteiger partial charge in [0.2, 0.25) is 0 Å². The smallest absolute Gasteiger partial charge is 0.0238 e. The minimum Gasteiger partial charge on any atom is -0.271 e. The lowest BCUT2D eigenvalue weighted by Gasteiger charge is -2.35. The fourth-order valence-electron chi connectivity index (χ4n) is 3.18. The molecule has 0 amide bonds. The normalized spacial score (nSPS) is 27.7. The predicted octanol–water partition coefficient (Wildman–Crippen LogP) is 3.72. The van der Waals surface area contributed by atoms with Crippen molar-refractivity contribution in [2.75, 3.05) is 0 Å². The first kappa shape index (κ1) is 15.0. The Labute approximate surface area is 108 Å². The second kappa shape index (κ2) is 7.38. The number of hydrogen-bond acceptors (Lipinski definition) is 2. The Hall–Kier alpha value is -0.0800. The zero-order valence-electron chi connectivity index (χ0n) is 12.2. The average molecular weight is 240 g/mol. The number of hydrogen-bond donors (Lipinski definition) is 2. The molecule has 2 nitrogen and oxygen atoms in total. The van der Waals surface area contributed by atoms with Crippen molar-refractivity contribution in [2.45, 2.75) is 72.3 Å². The summed E-state index contributed by atoms with van der Waals surface area (Å²) in [7, 11) is 0. The van der Waals surface area contributed by atoms with Gasteiger partial charge in [0.1, 0.15) is 0 Å². The first-order valence-electron chi connectivity index (χ1n) is 7.50. The van der Waals surface area contributed by atoms with Crippen LogP contribution in [-0.4, -0.2) is 6.04 Å². The number of nitrogens with two attached hydrogens (primary N) is 1. The van der Waals surface area contributed by atoms with E-state index in [1.807, 2.05) is 0 Å². The summed E-state index contributed by atoms with van der Waals surface area (Å²) in [5, 5.41) is 0. The van der Waals surface area contributed by atoms with Crippen LogP contribution in [0, 0.1) is 23.7 Å². The Morgan fingerprint density at radius 3 is 1.88 bits per heavy atom. The second-order valence-electron chi connectivity index (χ2n) is 6.66. The highest BCUT2D eigenvalue weighted by atomic mass is 15.2. The number of rotatable bonds is 6. The minimum atomic E-state index is 0.547. The molecule has 1 rings (SSSR count). The van der Waals surface area contributed by atoms with Crippen LogP contribution in [0.15, 0.2) is 0 Å². The van der Waals surface area contributed by atoms with Gasteiger partial charge >= 0.3 is 0 Å². The lowest BCUT2D eigenvalue weighted by atomic mass is 9.74. The van der Waals surface area contributed by atoms with E-state index in [9.17, 15) is 0 Å². The van der Waals surface area contributed by atoms with E-state index in [1.165, 1.54) is 38.5 Å². The molecule has 1 fully saturated rings. The molecule has 0 spiro atoms. The van der Waals surface area contributed by atoms with Gasteiger partial charge in [0.05, 0.1) is 0 Å². The molecule has 3 N–H and O–H groups in total. The van der Waals surface area contributed by atoms with Crippen molar-refractivity contribution in [1.29, 1.82) is 0 Å². The van der Waals surface area contributed by atoms with Crippen LogP contribution in [0.25, 0.3) is 0 Å². The molecule has 2 heteroatoms. The number of nitrogens with one attached hydrogen (secondary N) is 1. The Morgan fingerprint density at radius 1 is 0.941 bits per heavy atom. The lowest BCUT2D eigenvalue weighted by molar-refractivity contribution is 0.180. The van der Waals surface area contributed by atoms with Crippen molar-refractivity contribution in [3.8, 4) is 0 Å². The highest BCUT2D eigenvalue weighted by molar-refractivity contribution is 4.82. The first-order chi connectivity index (χ1) is 8.04. The van der Waals surface area contributed by atoms with Crippen LogP contribution in [0.1, 0.15) is 66.2 Å². The molecule has 0 aliphatic heterocycles. The van der Waals surface area contributed by atoms with Gasteiger partial charge in [0.25, 0.3) is 0 Å². The van der Waals surface area contributed by atoms with Crippen molar-refractivity contribution >= 4 is 0 Å². The molecule has 0 saturated heterocycles. The summed E-state index contributed by atoms with van der Waals surface area (Å²) >= 11 is 0. The zero-order chi connectivity index (χ0) is 12.8. The van der Waals surface area contributed by atoms with Gasteiger partial charge in [-0.25, -0.2) is 0 Å². The Kier molecular flexibility index (Phi) is 6.50. The van der Waals surface area contributed by atoms with Crippen molar-refractivity contribution in [1.82, 2.24) is 5.43 Å². The Bertz CT molecular complexity index is 193. The fraction of sp³-hybridized carbons (Fsp3) is 1.00. The Morgan fingerprint density at radius 2 is 1.47 bits per heavy atom. The van der Waals surface area contributed by atoms with Gasteiger partial charge in [-0.3, -0.25) is 11.3 Å². The highest BCUT2D eigenvalue weighted by Gasteiger charge is 2.28. The molecular weight excluding hydrogens is 208 g/mol. The Balaban J connectivity index is 2.34. The van der Waals surface area contributed by atoms with Gasteiger partial charge in [-0.2, -0.15) is 0 Å². The van der Waals surface area contributed by atoms with E-state index in [0.717, 1.165) is 23.7 Å². The molecule has 0 aromatic rings. The van der Waals surface area contributed by atoms with Gasteiger partial charge in [-0.15, -0.1) is 0 Å². The third kappa shape index (κ3) is 4.97. The maximum atomic E-state index is 5.73. The summed E-state index contributed by atoms with van der Waals surface area (Å²) in [4.78, 5) is 0. The van der Waals surface area contributed by atoms with Crippen LogP contribution < -0.4 is 11.3 Å². The molecule has 1 atom stereocenters. The van der Waals surface area contributed by atoms with Crippen LogP contribution in [0.4, 0.5) is 0 Å². The van der Waals surface area contributed by atoms with E-state index >= 15 is 0 Å². The molecule has 1 aliphatic carbocycles. The quantitative estimate of drug-likeness (QED) is 0.548. The van der Waals surface area contributed by atoms with Gasteiger partial charge < -0.3 is 0 Å².